The van der Waals surface area contributed by atoms with Crippen molar-refractivity contribution in [3.63, 3.8) is 0 Å². The summed E-state index contributed by atoms with van der Waals surface area (Å²) in [6, 6.07) is 6.10. The minimum atomic E-state index is -0.0939. The summed E-state index contributed by atoms with van der Waals surface area (Å²) in [5.74, 6) is 1.67. The van der Waals surface area contributed by atoms with Gasteiger partial charge in [-0.1, -0.05) is 22.0 Å². The van der Waals surface area contributed by atoms with Gasteiger partial charge in [0.15, 0.2) is 0 Å². The van der Waals surface area contributed by atoms with Crippen molar-refractivity contribution < 1.29 is 14.3 Å². The molecule has 3 rings (SSSR count). The van der Waals surface area contributed by atoms with Gasteiger partial charge >= 0.3 is 5.97 Å². The summed E-state index contributed by atoms with van der Waals surface area (Å²) < 4.78 is 12.1. The van der Waals surface area contributed by atoms with E-state index in [4.69, 9.17) is 9.47 Å². The summed E-state index contributed by atoms with van der Waals surface area (Å²) >= 11 is 3.55. The lowest BCUT2D eigenvalue weighted by molar-refractivity contribution is -0.144. The predicted octanol–water partition coefficient (Wildman–Crippen LogP) is 4.19. The maximum Gasteiger partial charge on any atom is 0.320 e. The van der Waals surface area contributed by atoms with Crippen molar-refractivity contribution >= 4 is 21.9 Å². The molecule has 25 heavy (non-hydrogen) atoms. The average Bonchev–Trinajstić information content (AvgIpc) is 3.26. The van der Waals surface area contributed by atoms with Crippen LogP contribution in [0.3, 0.4) is 0 Å². The highest BCUT2D eigenvalue weighted by Gasteiger charge is 2.54. The molecule has 5 heteroatoms. The average molecular weight is 410 g/mol. The Morgan fingerprint density at radius 1 is 1.36 bits per heavy atom. The second-order valence-electron chi connectivity index (χ2n) is 7.34. The Morgan fingerprint density at radius 2 is 2.12 bits per heavy atom. The first-order valence-electron chi connectivity index (χ1n) is 9.30. The zero-order valence-corrected chi connectivity index (χ0v) is 16.8. The number of benzene rings is 1. The van der Waals surface area contributed by atoms with E-state index in [-0.39, 0.29) is 5.97 Å². The molecule has 0 bridgehead atoms. The molecule has 138 valence electrons. The zero-order chi connectivity index (χ0) is 17.9. The molecule has 2 aliphatic rings. The van der Waals surface area contributed by atoms with Gasteiger partial charge in [0.25, 0.3) is 0 Å². The third kappa shape index (κ3) is 4.56. The molecule has 1 atom stereocenters. The Balaban J connectivity index is 1.39. The van der Waals surface area contributed by atoms with Gasteiger partial charge in [0, 0.05) is 10.0 Å². The summed E-state index contributed by atoms with van der Waals surface area (Å²) in [4.78, 5) is 13.8. The Hall–Kier alpha value is -1.07. The molecule has 1 aliphatic heterocycles. The van der Waals surface area contributed by atoms with Crippen molar-refractivity contribution in [3.05, 3.63) is 28.2 Å². The molecular weight excluding hydrogens is 382 g/mol. The van der Waals surface area contributed by atoms with Crippen molar-refractivity contribution in [1.29, 1.82) is 0 Å². The van der Waals surface area contributed by atoms with Crippen LogP contribution >= 0.6 is 15.9 Å². The smallest absolute Gasteiger partial charge is 0.320 e. The SMILES string of the molecule is CCOC(=O)CN1CCC2(CC1)C[C@H]2CCOc1cccc(Br)c1C. The topological polar surface area (TPSA) is 38.8 Å². The van der Waals surface area contributed by atoms with E-state index in [2.05, 4.69) is 27.8 Å². The number of carbonyl (C=O) groups is 1. The van der Waals surface area contributed by atoms with Crippen molar-refractivity contribution in [1.82, 2.24) is 4.90 Å². The van der Waals surface area contributed by atoms with E-state index in [0.717, 1.165) is 42.3 Å². The predicted molar refractivity (Wildman–Crippen MR) is 102 cm³/mol. The molecule has 1 spiro atoms. The van der Waals surface area contributed by atoms with Crippen molar-refractivity contribution in [3.8, 4) is 5.75 Å². The number of halogens is 1. The molecule has 1 heterocycles. The largest absolute Gasteiger partial charge is 0.493 e. The van der Waals surface area contributed by atoms with Crippen LogP contribution in [0.1, 0.15) is 38.2 Å². The normalized spacial score (nSPS) is 22.0. The van der Waals surface area contributed by atoms with Crippen LogP contribution in [-0.4, -0.2) is 43.7 Å². The maximum absolute atomic E-state index is 11.6. The summed E-state index contributed by atoms with van der Waals surface area (Å²) in [6.07, 6.45) is 4.85. The van der Waals surface area contributed by atoms with Crippen LogP contribution in [0.4, 0.5) is 0 Å². The van der Waals surface area contributed by atoms with Crippen molar-refractivity contribution in [2.24, 2.45) is 11.3 Å². The summed E-state index contributed by atoms with van der Waals surface area (Å²) in [5.41, 5.74) is 1.68. The van der Waals surface area contributed by atoms with Crippen LogP contribution in [0.2, 0.25) is 0 Å². The minimum absolute atomic E-state index is 0.0939. The van der Waals surface area contributed by atoms with Gasteiger partial charge in [-0.15, -0.1) is 0 Å². The minimum Gasteiger partial charge on any atom is -0.493 e. The number of carbonyl (C=O) groups excluding carboxylic acids is 1. The number of likely N-dealkylation sites (tertiary alicyclic amines) is 1. The fourth-order valence-electron chi connectivity index (χ4n) is 4.05. The number of ether oxygens (including phenoxy) is 2. The molecule has 0 amide bonds. The van der Waals surface area contributed by atoms with Crippen LogP contribution in [0.15, 0.2) is 22.7 Å². The second-order valence-corrected chi connectivity index (χ2v) is 8.20. The molecule has 0 radical (unpaired) electrons. The van der Waals surface area contributed by atoms with Gasteiger partial charge in [-0.2, -0.15) is 0 Å². The fourth-order valence-corrected chi connectivity index (χ4v) is 4.40. The Bertz CT molecular complexity index is 611. The van der Waals surface area contributed by atoms with Crippen molar-refractivity contribution in [2.45, 2.75) is 39.5 Å². The van der Waals surface area contributed by atoms with Crippen molar-refractivity contribution in [2.75, 3.05) is 32.8 Å². The number of rotatable bonds is 7. The molecule has 0 unspecified atom stereocenters. The van der Waals surface area contributed by atoms with E-state index in [9.17, 15) is 4.79 Å². The van der Waals surface area contributed by atoms with E-state index in [1.807, 2.05) is 25.1 Å². The molecule has 0 aromatic heterocycles. The highest BCUT2D eigenvalue weighted by atomic mass is 79.9. The summed E-state index contributed by atoms with van der Waals surface area (Å²) in [6.45, 7) is 7.67. The third-order valence-electron chi connectivity index (χ3n) is 5.81. The number of nitrogens with zero attached hydrogens (tertiary/aromatic N) is 1. The van der Waals surface area contributed by atoms with Crippen LogP contribution in [0.25, 0.3) is 0 Å². The zero-order valence-electron chi connectivity index (χ0n) is 15.2. The first kappa shape index (κ1) is 18.7. The van der Waals surface area contributed by atoms with E-state index in [0.29, 0.717) is 18.6 Å². The molecule has 1 saturated heterocycles. The van der Waals surface area contributed by atoms with E-state index >= 15 is 0 Å². The number of esters is 1. The lowest BCUT2D eigenvalue weighted by Crippen LogP contribution is -2.39. The molecule has 4 nitrogen and oxygen atoms in total. The van der Waals surface area contributed by atoms with E-state index in [1.54, 1.807) is 0 Å². The molecule has 1 saturated carbocycles. The molecule has 0 N–H and O–H groups in total. The van der Waals surface area contributed by atoms with Crippen LogP contribution in [0.5, 0.6) is 5.75 Å². The monoisotopic (exact) mass is 409 g/mol. The van der Waals surface area contributed by atoms with Gasteiger partial charge in [-0.3, -0.25) is 9.69 Å². The lowest BCUT2D eigenvalue weighted by atomic mass is 9.90. The van der Waals surface area contributed by atoms with Gasteiger partial charge in [-0.25, -0.2) is 0 Å². The lowest BCUT2D eigenvalue weighted by Gasteiger charge is -2.32. The highest BCUT2D eigenvalue weighted by Crippen LogP contribution is 2.60. The number of hydrogen-bond donors (Lipinski definition) is 0. The summed E-state index contributed by atoms with van der Waals surface area (Å²) in [7, 11) is 0. The van der Waals surface area contributed by atoms with Gasteiger partial charge in [0.2, 0.25) is 0 Å². The highest BCUT2D eigenvalue weighted by molar-refractivity contribution is 9.10. The quantitative estimate of drug-likeness (QED) is 0.632. The molecule has 1 aromatic carbocycles. The fraction of sp³-hybridized carbons (Fsp3) is 0.650. The molecule has 1 aromatic rings. The van der Waals surface area contributed by atoms with Gasteiger partial charge in [-0.05, 0) is 76.1 Å². The first-order chi connectivity index (χ1) is 12.0. The van der Waals surface area contributed by atoms with Gasteiger partial charge in [0.1, 0.15) is 5.75 Å². The maximum atomic E-state index is 11.6. The van der Waals surface area contributed by atoms with Gasteiger partial charge in [0.05, 0.1) is 19.8 Å². The first-order valence-corrected chi connectivity index (χ1v) is 10.1. The third-order valence-corrected chi connectivity index (χ3v) is 6.67. The molecular formula is C20H28BrNO3. The van der Waals surface area contributed by atoms with Gasteiger partial charge < -0.3 is 9.47 Å². The van der Waals surface area contributed by atoms with Crippen LogP contribution in [-0.2, 0) is 9.53 Å². The van der Waals surface area contributed by atoms with Crippen LogP contribution in [0, 0.1) is 18.3 Å². The van der Waals surface area contributed by atoms with E-state index in [1.165, 1.54) is 24.8 Å². The Labute approximate surface area is 159 Å². The van der Waals surface area contributed by atoms with Crippen LogP contribution < -0.4 is 4.74 Å². The second kappa shape index (κ2) is 8.09. The van der Waals surface area contributed by atoms with E-state index < -0.39 is 0 Å². The standard InChI is InChI=1S/C20H28BrNO3/c1-3-24-19(23)14-22-10-8-20(9-11-22)13-16(20)7-12-25-18-6-4-5-17(21)15(18)2/h4-6,16H,3,7-14H2,1-2H3/t16-/m1/s1. The Kier molecular flexibility index (Phi) is 6.05. The number of hydrogen-bond acceptors (Lipinski definition) is 4. The summed E-state index contributed by atoms with van der Waals surface area (Å²) in [5, 5.41) is 0. The number of piperidine rings is 1. The molecule has 1 aliphatic carbocycles. The Morgan fingerprint density at radius 3 is 2.84 bits per heavy atom. The molecule has 2 fully saturated rings.